The fourth-order valence-corrected chi connectivity index (χ4v) is 2.93. The zero-order valence-electron chi connectivity index (χ0n) is 14.6. The molecule has 28 heavy (non-hydrogen) atoms. The topological polar surface area (TPSA) is 76.7 Å². The molecule has 0 spiro atoms. The van der Waals surface area contributed by atoms with Gasteiger partial charge in [0.1, 0.15) is 0 Å². The lowest BCUT2D eigenvalue weighted by atomic mass is 10.1. The lowest BCUT2D eigenvalue weighted by Crippen LogP contribution is -2.15. The largest absolute Gasteiger partial charge is 0.454 e. The maximum absolute atomic E-state index is 12.6. The molecule has 2 amide bonds. The van der Waals surface area contributed by atoms with Crippen LogP contribution in [0.2, 0.25) is 5.02 Å². The van der Waals surface area contributed by atoms with Crippen molar-refractivity contribution in [2.24, 2.45) is 0 Å². The third kappa shape index (κ3) is 3.77. The predicted molar refractivity (Wildman–Crippen MR) is 106 cm³/mol. The number of rotatable bonds is 4. The van der Waals surface area contributed by atoms with Crippen LogP contribution in [0.25, 0.3) is 0 Å². The minimum atomic E-state index is -0.393. The Balaban J connectivity index is 1.51. The van der Waals surface area contributed by atoms with Gasteiger partial charge < -0.3 is 20.1 Å². The number of benzene rings is 3. The van der Waals surface area contributed by atoms with E-state index in [2.05, 4.69) is 10.6 Å². The van der Waals surface area contributed by atoms with Gasteiger partial charge in [0.15, 0.2) is 11.5 Å². The van der Waals surface area contributed by atoms with Gasteiger partial charge in [-0.2, -0.15) is 0 Å². The molecule has 3 aromatic rings. The van der Waals surface area contributed by atoms with Crippen LogP contribution in [-0.4, -0.2) is 18.6 Å². The number of nitrogens with one attached hydrogen (secondary N) is 2. The molecule has 0 radical (unpaired) electrons. The fraction of sp³-hybridized carbons (Fsp3) is 0.0476. The third-order valence-corrected chi connectivity index (χ3v) is 4.44. The number of carbonyl (C=O) groups is 2. The monoisotopic (exact) mass is 394 g/mol. The smallest absolute Gasteiger partial charge is 0.255 e. The average Bonchev–Trinajstić information content (AvgIpc) is 3.16. The molecule has 0 bridgehead atoms. The van der Waals surface area contributed by atoms with E-state index in [1.54, 1.807) is 42.5 Å². The first-order valence-corrected chi connectivity index (χ1v) is 8.85. The number of carbonyl (C=O) groups excluding carboxylic acids is 2. The summed E-state index contributed by atoms with van der Waals surface area (Å²) in [6, 6.07) is 18.7. The summed E-state index contributed by atoms with van der Waals surface area (Å²) in [6.07, 6.45) is 0. The van der Waals surface area contributed by atoms with E-state index < -0.39 is 5.91 Å². The van der Waals surface area contributed by atoms with Crippen LogP contribution in [0.5, 0.6) is 11.5 Å². The summed E-state index contributed by atoms with van der Waals surface area (Å²) in [6.45, 7) is 0.113. The summed E-state index contributed by atoms with van der Waals surface area (Å²) in [7, 11) is 0. The molecule has 1 aliphatic rings. The highest BCUT2D eigenvalue weighted by molar-refractivity contribution is 6.34. The number of halogens is 1. The molecule has 0 aromatic heterocycles. The number of ether oxygens (including phenoxy) is 2. The molecule has 0 fully saturated rings. The Morgan fingerprint density at radius 1 is 0.786 bits per heavy atom. The van der Waals surface area contributed by atoms with Crippen molar-refractivity contribution in [1.82, 2.24) is 0 Å². The number of hydrogen-bond acceptors (Lipinski definition) is 4. The highest BCUT2D eigenvalue weighted by Gasteiger charge is 2.18. The lowest BCUT2D eigenvalue weighted by molar-refractivity contribution is 0.102. The van der Waals surface area contributed by atoms with Crippen molar-refractivity contribution in [3.8, 4) is 11.5 Å². The van der Waals surface area contributed by atoms with Gasteiger partial charge in [-0.3, -0.25) is 9.59 Å². The van der Waals surface area contributed by atoms with Crippen LogP contribution in [0.15, 0.2) is 66.7 Å². The van der Waals surface area contributed by atoms with E-state index >= 15 is 0 Å². The summed E-state index contributed by atoms with van der Waals surface area (Å²) in [5.74, 6) is 0.343. The molecule has 1 aliphatic heterocycles. The van der Waals surface area contributed by atoms with Crippen LogP contribution < -0.4 is 20.1 Å². The average molecular weight is 395 g/mol. The maximum Gasteiger partial charge on any atom is 0.255 e. The number of amides is 2. The molecule has 7 heteroatoms. The first-order chi connectivity index (χ1) is 13.6. The van der Waals surface area contributed by atoms with Crippen molar-refractivity contribution in [3.63, 3.8) is 0 Å². The SMILES string of the molecule is O=C(Nc1ccccc1)c1cccc(C(=O)Nc2cc3c(cc2Cl)OCO3)c1. The van der Waals surface area contributed by atoms with Crippen LogP contribution in [0.3, 0.4) is 0 Å². The molecule has 0 atom stereocenters. The second kappa shape index (κ2) is 7.62. The molecule has 2 N–H and O–H groups in total. The molecule has 140 valence electrons. The highest BCUT2D eigenvalue weighted by Crippen LogP contribution is 2.39. The predicted octanol–water partition coefficient (Wildman–Crippen LogP) is 4.57. The zero-order valence-corrected chi connectivity index (χ0v) is 15.3. The van der Waals surface area contributed by atoms with Crippen LogP contribution >= 0.6 is 11.6 Å². The Kier molecular flexibility index (Phi) is 4.87. The molecule has 0 saturated heterocycles. The van der Waals surface area contributed by atoms with Crippen molar-refractivity contribution in [2.45, 2.75) is 0 Å². The third-order valence-electron chi connectivity index (χ3n) is 4.13. The number of hydrogen-bond donors (Lipinski definition) is 2. The van der Waals surface area contributed by atoms with E-state index in [4.69, 9.17) is 21.1 Å². The summed E-state index contributed by atoms with van der Waals surface area (Å²) in [4.78, 5) is 25.1. The molecular formula is C21H15ClN2O4. The van der Waals surface area contributed by atoms with E-state index in [0.29, 0.717) is 39.0 Å². The highest BCUT2D eigenvalue weighted by atomic mass is 35.5. The van der Waals surface area contributed by atoms with Gasteiger partial charge >= 0.3 is 0 Å². The summed E-state index contributed by atoms with van der Waals surface area (Å²) >= 11 is 6.20. The van der Waals surface area contributed by atoms with Crippen molar-refractivity contribution in [2.75, 3.05) is 17.4 Å². The summed E-state index contributed by atoms with van der Waals surface area (Å²) in [5, 5.41) is 5.85. The van der Waals surface area contributed by atoms with Crippen molar-refractivity contribution in [3.05, 3.63) is 82.9 Å². The van der Waals surface area contributed by atoms with Crippen molar-refractivity contribution >= 4 is 34.8 Å². The normalized spacial score (nSPS) is 11.8. The van der Waals surface area contributed by atoms with Gasteiger partial charge in [-0.15, -0.1) is 0 Å². The van der Waals surface area contributed by atoms with Crippen LogP contribution in [-0.2, 0) is 0 Å². The standard InChI is InChI=1S/C21H15ClN2O4/c22-16-10-18-19(28-12-27-18)11-17(16)24-21(26)14-6-4-5-13(9-14)20(25)23-15-7-2-1-3-8-15/h1-11H,12H2,(H,23,25)(H,24,26). The Labute approximate surface area is 166 Å². The Morgan fingerprint density at radius 3 is 2.14 bits per heavy atom. The first-order valence-electron chi connectivity index (χ1n) is 8.47. The van der Waals surface area contributed by atoms with Crippen molar-refractivity contribution < 1.29 is 19.1 Å². The molecule has 0 unspecified atom stereocenters. The Morgan fingerprint density at radius 2 is 1.43 bits per heavy atom. The van der Waals surface area contributed by atoms with Gasteiger partial charge in [-0.05, 0) is 30.3 Å². The second-order valence-electron chi connectivity index (χ2n) is 6.04. The summed E-state index contributed by atoms with van der Waals surface area (Å²) < 4.78 is 10.6. The number of fused-ring (bicyclic) bond motifs is 1. The van der Waals surface area contributed by atoms with Crippen LogP contribution in [0, 0.1) is 0 Å². The molecule has 3 aromatic carbocycles. The zero-order chi connectivity index (χ0) is 19.5. The molecule has 4 rings (SSSR count). The van der Waals surface area contributed by atoms with E-state index in [-0.39, 0.29) is 12.7 Å². The van der Waals surface area contributed by atoms with Gasteiger partial charge in [0.25, 0.3) is 11.8 Å². The van der Waals surface area contributed by atoms with E-state index in [9.17, 15) is 9.59 Å². The fourth-order valence-electron chi connectivity index (χ4n) is 2.73. The van der Waals surface area contributed by atoms with Crippen LogP contribution in [0.1, 0.15) is 20.7 Å². The van der Waals surface area contributed by atoms with Crippen LogP contribution in [0.4, 0.5) is 11.4 Å². The molecule has 1 heterocycles. The second-order valence-corrected chi connectivity index (χ2v) is 6.45. The Hall–Kier alpha value is -3.51. The molecule has 0 aliphatic carbocycles. The van der Waals surface area contributed by atoms with Gasteiger partial charge in [0.05, 0.1) is 10.7 Å². The number of anilines is 2. The van der Waals surface area contributed by atoms with E-state index in [0.717, 1.165) is 0 Å². The molecular weight excluding hydrogens is 380 g/mol. The van der Waals surface area contributed by atoms with E-state index in [1.165, 1.54) is 6.07 Å². The molecule has 0 saturated carbocycles. The van der Waals surface area contributed by atoms with Gasteiger partial charge in [-0.1, -0.05) is 35.9 Å². The quantitative estimate of drug-likeness (QED) is 0.679. The van der Waals surface area contributed by atoms with Gasteiger partial charge in [-0.25, -0.2) is 0 Å². The van der Waals surface area contributed by atoms with E-state index in [1.807, 2.05) is 18.2 Å². The minimum Gasteiger partial charge on any atom is -0.454 e. The van der Waals surface area contributed by atoms with Gasteiger partial charge in [0, 0.05) is 28.9 Å². The minimum absolute atomic E-state index is 0.113. The summed E-state index contributed by atoms with van der Waals surface area (Å²) in [5.41, 5.74) is 1.77. The molecule has 6 nitrogen and oxygen atoms in total. The van der Waals surface area contributed by atoms with Gasteiger partial charge in [0.2, 0.25) is 6.79 Å². The maximum atomic E-state index is 12.6. The lowest BCUT2D eigenvalue weighted by Gasteiger charge is -2.10. The first kappa shape index (κ1) is 17.9. The number of para-hydroxylation sites is 1. The Bertz CT molecular complexity index is 1050. The van der Waals surface area contributed by atoms with Crippen molar-refractivity contribution in [1.29, 1.82) is 0 Å².